The highest BCUT2D eigenvalue weighted by atomic mass is 16.5. The third-order valence-electron chi connectivity index (χ3n) is 6.09. The molecule has 0 aromatic heterocycles. The van der Waals surface area contributed by atoms with Gasteiger partial charge in [0.05, 0.1) is 23.5 Å². The predicted octanol–water partition coefficient (Wildman–Crippen LogP) is 4.45. The van der Waals surface area contributed by atoms with E-state index in [1.165, 1.54) is 0 Å². The molecule has 1 N–H and O–H groups in total. The number of carbonyl (C=O) groups is 2. The number of aryl methyl sites for hydroxylation is 1. The maximum absolute atomic E-state index is 12.9. The summed E-state index contributed by atoms with van der Waals surface area (Å²) < 4.78 is 11.1. The Bertz CT molecular complexity index is 997. The number of carbonyl (C=O) groups excluding carboxylic acids is 2. The summed E-state index contributed by atoms with van der Waals surface area (Å²) in [5.41, 5.74) is 4.05. The Morgan fingerprint density at radius 1 is 1.03 bits per heavy atom. The lowest BCUT2D eigenvalue weighted by atomic mass is 10.0. The van der Waals surface area contributed by atoms with Crippen LogP contribution in [0, 0.1) is 6.92 Å². The summed E-state index contributed by atoms with van der Waals surface area (Å²) in [4.78, 5) is 29.9. The summed E-state index contributed by atoms with van der Waals surface area (Å²) in [6.07, 6.45) is 0. The Balaban J connectivity index is 1.78. The molecule has 0 atom stereocenters. The van der Waals surface area contributed by atoms with Crippen LogP contribution in [0.1, 0.15) is 55.1 Å². The molecule has 0 radical (unpaired) electrons. The van der Waals surface area contributed by atoms with Gasteiger partial charge in [-0.2, -0.15) is 0 Å². The van der Waals surface area contributed by atoms with Crippen molar-refractivity contribution in [3.05, 3.63) is 53.1 Å². The highest BCUT2D eigenvalue weighted by molar-refractivity contribution is 5.98. The number of benzene rings is 2. The number of piperazine rings is 1. The molecule has 2 aromatic carbocycles. The molecule has 3 rings (SSSR count). The van der Waals surface area contributed by atoms with Crippen LogP contribution >= 0.6 is 0 Å². The zero-order valence-electron chi connectivity index (χ0n) is 21.0. The molecule has 0 spiro atoms. The minimum atomic E-state index is -0.405. The van der Waals surface area contributed by atoms with Crippen molar-refractivity contribution in [1.29, 1.82) is 0 Å². The first-order valence-corrected chi connectivity index (χ1v) is 12.1. The van der Waals surface area contributed by atoms with E-state index in [9.17, 15) is 9.59 Å². The fourth-order valence-corrected chi connectivity index (χ4v) is 4.13. The van der Waals surface area contributed by atoms with Crippen molar-refractivity contribution in [2.45, 2.75) is 40.5 Å². The number of nitrogens with zero attached hydrogens (tertiary/aromatic N) is 2. The zero-order valence-corrected chi connectivity index (χ0v) is 21.0. The molecular formula is C27H37N3O4. The molecule has 1 heterocycles. The molecule has 0 bridgehead atoms. The monoisotopic (exact) mass is 467 g/mol. The Morgan fingerprint density at radius 2 is 1.76 bits per heavy atom. The summed E-state index contributed by atoms with van der Waals surface area (Å²) in [5.74, 6) is 0.332. The predicted molar refractivity (Wildman–Crippen MR) is 136 cm³/mol. The van der Waals surface area contributed by atoms with Crippen molar-refractivity contribution in [3.63, 3.8) is 0 Å². The van der Waals surface area contributed by atoms with Gasteiger partial charge in [0.25, 0.3) is 5.91 Å². The van der Waals surface area contributed by atoms with E-state index in [1.807, 2.05) is 31.2 Å². The van der Waals surface area contributed by atoms with Crippen molar-refractivity contribution in [3.8, 4) is 5.75 Å². The smallest absolute Gasteiger partial charge is 0.338 e. The molecule has 0 unspecified atom stereocenters. The van der Waals surface area contributed by atoms with E-state index in [2.05, 4.69) is 35.9 Å². The van der Waals surface area contributed by atoms with Crippen molar-refractivity contribution < 1.29 is 19.1 Å². The number of nitrogens with one attached hydrogen (secondary N) is 1. The molecule has 1 aliphatic heterocycles. The van der Waals surface area contributed by atoms with E-state index in [0.29, 0.717) is 17.9 Å². The Hall–Kier alpha value is -3.06. The minimum Gasteiger partial charge on any atom is -0.483 e. The molecule has 1 fully saturated rings. The normalized spacial score (nSPS) is 14.2. The van der Waals surface area contributed by atoms with Crippen LogP contribution in [0.3, 0.4) is 0 Å². The van der Waals surface area contributed by atoms with E-state index in [-0.39, 0.29) is 18.4 Å². The molecule has 7 nitrogen and oxygen atoms in total. The molecule has 1 saturated heterocycles. The number of hydrogen-bond donors (Lipinski definition) is 1. The average molecular weight is 468 g/mol. The highest BCUT2D eigenvalue weighted by Crippen LogP contribution is 2.30. The minimum absolute atomic E-state index is 0.115. The quantitative estimate of drug-likeness (QED) is 0.549. The fourth-order valence-electron chi connectivity index (χ4n) is 4.13. The molecular weight excluding hydrogens is 430 g/mol. The second-order valence-electron chi connectivity index (χ2n) is 8.91. The molecule has 1 amide bonds. The number of ether oxygens (including phenoxy) is 2. The summed E-state index contributed by atoms with van der Waals surface area (Å²) in [5, 5.41) is 2.98. The van der Waals surface area contributed by atoms with Crippen LogP contribution in [0.2, 0.25) is 0 Å². The second-order valence-corrected chi connectivity index (χ2v) is 8.91. The number of anilines is 2. The molecule has 34 heavy (non-hydrogen) atoms. The van der Waals surface area contributed by atoms with E-state index in [4.69, 9.17) is 9.47 Å². The van der Waals surface area contributed by atoms with Gasteiger partial charge in [0.15, 0.2) is 6.61 Å². The SMILES string of the molecule is CCOC(=O)c1ccc(N2CCN(CC)CC2)c(NC(=O)COc2cc(C)ccc2C(C)C)c1. The molecule has 7 heteroatoms. The molecule has 1 aliphatic rings. The first-order chi connectivity index (χ1) is 16.3. The maximum Gasteiger partial charge on any atom is 0.338 e. The van der Waals surface area contributed by atoms with Gasteiger partial charge in [-0.1, -0.05) is 32.9 Å². The van der Waals surface area contributed by atoms with Gasteiger partial charge in [-0.3, -0.25) is 4.79 Å². The van der Waals surface area contributed by atoms with Crippen LogP contribution in [0.15, 0.2) is 36.4 Å². The second kappa shape index (κ2) is 11.9. The Kier molecular flexibility index (Phi) is 8.93. The fraction of sp³-hybridized carbons (Fsp3) is 0.481. The number of rotatable bonds is 9. The van der Waals surface area contributed by atoms with Crippen LogP contribution in [0.25, 0.3) is 0 Å². The van der Waals surface area contributed by atoms with Gasteiger partial charge in [0.1, 0.15) is 5.75 Å². The standard InChI is InChI=1S/C27H37N3O4/c1-6-29-12-14-30(15-13-29)24-11-9-21(27(32)33-7-2)17-23(24)28-26(31)18-34-25-16-20(5)8-10-22(25)19(3)4/h8-11,16-17,19H,6-7,12-15,18H2,1-5H3,(H,28,31). The van der Waals surface area contributed by atoms with Gasteiger partial charge < -0.3 is 24.6 Å². The largest absolute Gasteiger partial charge is 0.483 e. The lowest BCUT2D eigenvalue weighted by Crippen LogP contribution is -2.46. The number of likely N-dealkylation sites (N-methyl/N-ethyl adjacent to an activating group) is 1. The molecule has 0 aliphatic carbocycles. The third kappa shape index (κ3) is 6.50. The number of hydrogen-bond acceptors (Lipinski definition) is 6. The van der Waals surface area contributed by atoms with Gasteiger partial charge in [-0.05, 0) is 61.7 Å². The van der Waals surface area contributed by atoms with Crippen LogP contribution in [-0.4, -0.2) is 62.7 Å². The van der Waals surface area contributed by atoms with Crippen LogP contribution in [0.5, 0.6) is 5.75 Å². The van der Waals surface area contributed by atoms with Crippen LogP contribution < -0.4 is 15.0 Å². The first kappa shape index (κ1) is 25.6. The lowest BCUT2D eigenvalue weighted by Gasteiger charge is -2.36. The number of amides is 1. The lowest BCUT2D eigenvalue weighted by molar-refractivity contribution is -0.118. The van der Waals surface area contributed by atoms with E-state index in [1.54, 1.807) is 19.1 Å². The summed E-state index contributed by atoms with van der Waals surface area (Å²) in [7, 11) is 0. The van der Waals surface area contributed by atoms with E-state index in [0.717, 1.165) is 55.3 Å². The van der Waals surface area contributed by atoms with Crippen LogP contribution in [-0.2, 0) is 9.53 Å². The summed E-state index contributed by atoms with van der Waals surface area (Å²) in [6.45, 7) is 15.0. The topological polar surface area (TPSA) is 71.1 Å². The van der Waals surface area contributed by atoms with Gasteiger partial charge >= 0.3 is 5.97 Å². The van der Waals surface area contributed by atoms with Crippen molar-refractivity contribution >= 4 is 23.3 Å². The number of esters is 1. The van der Waals surface area contributed by atoms with Gasteiger partial charge in [0.2, 0.25) is 0 Å². The molecule has 184 valence electrons. The highest BCUT2D eigenvalue weighted by Gasteiger charge is 2.21. The van der Waals surface area contributed by atoms with Gasteiger partial charge in [-0.15, -0.1) is 0 Å². The van der Waals surface area contributed by atoms with Crippen molar-refractivity contribution in [2.24, 2.45) is 0 Å². The third-order valence-corrected chi connectivity index (χ3v) is 6.09. The summed E-state index contributed by atoms with van der Waals surface area (Å²) in [6, 6.07) is 11.4. The Labute approximate surface area is 203 Å². The average Bonchev–Trinajstić information content (AvgIpc) is 2.83. The zero-order chi connectivity index (χ0) is 24.7. The van der Waals surface area contributed by atoms with Crippen molar-refractivity contribution in [2.75, 3.05) is 56.2 Å². The Morgan fingerprint density at radius 3 is 2.41 bits per heavy atom. The van der Waals surface area contributed by atoms with Crippen LogP contribution in [0.4, 0.5) is 11.4 Å². The summed E-state index contributed by atoms with van der Waals surface area (Å²) >= 11 is 0. The molecule has 0 saturated carbocycles. The molecule has 2 aromatic rings. The van der Waals surface area contributed by atoms with E-state index < -0.39 is 5.97 Å². The first-order valence-electron chi connectivity index (χ1n) is 12.1. The van der Waals surface area contributed by atoms with E-state index >= 15 is 0 Å². The van der Waals surface area contributed by atoms with Gasteiger partial charge in [0, 0.05) is 26.2 Å². The maximum atomic E-state index is 12.9. The van der Waals surface area contributed by atoms with Gasteiger partial charge in [-0.25, -0.2) is 4.79 Å². The van der Waals surface area contributed by atoms with Crippen molar-refractivity contribution in [1.82, 2.24) is 4.90 Å².